The molecule has 2 saturated heterocycles. The van der Waals surface area contributed by atoms with Crippen LogP contribution in [0.4, 0.5) is 0 Å². The number of nitrogens with two attached hydrogens (primary N) is 1. The summed E-state index contributed by atoms with van der Waals surface area (Å²) >= 11 is 3.47. The van der Waals surface area contributed by atoms with Gasteiger partial charge in [0.2, 0.25) is 0 Å². The molecule has 2 heterocycles. The van der Waals surface area contributed by atoms with Gasteiger partial charge >= 0.3 is 0 Å². The third kappa shape index (κ3) is 1.88. The first kappa shape index (κ1) is 13.6. The van der Waals surface area contributed by atoms with Crippen molar-refractivity contribution in [3.63, 3.8) is 0 Å². The molecule has 19 heavy (non-hydrogen) atoms. The molecule has 4 heteroatoms. The molecule has 3 rings (SSSR count). The Morgan fingerprint density at radius 1 is 1.53 bits per heavy atom. The summed E-state index contributed by atoms with van der Waals surface area (Å²) in [7, 11) is 0. The van der Waals surface area contributed by atoms with Gasteiger partial charge in [-0.3, -0.25) is 0 Å². The highest BCUT2D eigenvalue weighted by Crippen LogP contribution is 2.56. The van der Waals surface area contributed by atoms with Crippen LogP contribution in [-0.2, 0) is 10.3 Å². The highest BCUT2D eigenvalue weighted by Gasteiger charge is 2.60. The van der Waals surface area contributed by atoms with Crippen molar-refractivity contribution in [1.82, 2.24) is 0 Å². The fourth-order valence-corrected chi connectivity index (χ4v) is 4.20. The molecule has 104 valence electrons. The van der Waals surface area contributed by atoms with Crippen molar-refractivity contribution >= 4 is 15.9 Å². The molecule has 4 atom stereocenters. The average molecular weight is 326 g/mol. The van der Waals surface area contributed by atoms with Gasteiger partial charge in [-0.15, -0.1) is 0 Å². The Labute approximate surface area is 122 Å². The van der Waals surface area contributed by atoms with Crippen LogP contribution >= 0.6 is 15.9 Å². The quantitative estimate of drug-likeness (QED) is 0.898. The van der Waals surface area contributed by atoms with Crippen molar-refractivity contribution in [2.75, 3.05) is 6.54 Å². The number of hydrogen-bond donors (Lipinski definition) is 2. The fraction of sp³-hybridized carbons (Fsp3) is 0.600. The smallest absolute Gasteiger partial charge is 0.0962 e. The molecule has 2 aliphatic heterocycles. The van der Waals surface area contributed by atoms with Crippen LogP contribution in [0.25, 0.3) is 0 Å². The normalized spacial score (nSPS) is 36.4. The van der Waals surface area contributed by atoms with Gasteiger partial charge in [-0.2, -0.15) is 0 Å². The maximum Gasteiger partial charge on any atom is 0.0962 e. The highest BCUT2D eigenvalue weighted by molar-refractivity contribution is 9.10. The van der Waals surface area contributed by atoms with Crippen LogP contribution in [-0.4, -0.2) is 23.9 Å². The first-order chi connectivity index (χ1) is 8.99. The first-order valence-corrected chi connectivity index (χ1v) is 7.63. The van der Waals surface area contributed by atoms with Crippen molar-refractivity contribution < 1.29 is 9.84 Å². The molecule has 3 N–H and O–H groups in total. The van der Waals surface area contributed by atoms with Gasteiger partial charge in [-0.25, -0.2) is 0 Å². The summed E-state index contributed by atoms with van der Waals surface area (Å²) in [4.78, 5) is 0. The zero-order valence-corrected chi connectivity index (χ0v) is 12.7. The number of benzene rings is 1. The molecule has 0 spiro atoms. The summed E-state index contributed by atoms with van der Waals surface area (Å²) in [5.74, 6) is 0. The maximum absolute atomic E-state index is 11.2. The molecule has 0 saturated carbocycles. The molecule has 0 radical (unpaired) electrons. The van der Waals surface area contributed by atoms with Crippen LogP contribution in [0.1, 0.15) is 31.7 Å². The predicted octanol–water partition coefficient (Wildman–Crippen LogP) is 2.55. The first-order valence-electron chi connectivity index (χ1n) is 6.83. The highest BCUT2D eigenvalue weighted by atomic mass is 79.9. The van der Waals surface area contributed by atoms with Crippen LogP contribution in [0.3, 0.4) is 0 Å². The zero-order chi connectivity index (χ0) is 13.7. The minimum absolute atomic E-state index is 0.0801. The van der Waals surface area contributed by atoms with E-state index in [1.807, 2.05) is 31.2 Å². The summed E-state index contributed by atoms with van der Waals surface area (Å²) in [5.41, 5.74) is 5.64. The van der Waals surface area contributed by atoms with Gasteiger partial charge in [0.15, 0.2) is 0 Å². The Kier molecular flexibility index (Phi) is 3.25. The van der Waals surface area contributed by atoms with E-state index in [4.69, 9.17) is 10.5 Å². The van der Waals surface area contributed by atoms with Gasteiger partial charge < -0.3 is 15.6 Å². The molecule has 4 unspecified atom stereocenters. The second-order valence-corrected chi connectivity index (χ2v) is 6.89. The second kappa shape index (κ2) is 4.55. The lowest BCUT2D eigenvalue weighted by atomic mass is 9.61. The molecule has 1 aromatic rings. The standard InChI is InChI=1S/C15H20BrNO2/c1-14(18,10-3-2-4-11(16)7-10)15(9-17)8-12-5-6-13(15)19-12/h2-4,7,12-13,18H,5-6,8-9,17H2,1H3. The Morgan fingerprint density at radius 3 is 2.84 bits per heavy atom. The Balaban J connectivity index is 2.03. The SMILES string of the molecule is CC(O)(c1cccc(Br)c1)C1(CN)CC2CCC1O2. The van der Waals surface area contributed by atoms with Gasteiger partial charge in [-0.1, -0.05) is 28.1 Å². The molecule has 2 bridgehead atoms. The molecule has 0 amide bonds. The van der Waals surface area contributed by atoms with Gasteiger partial charge in [0.05, 0.1) is 17.8 Å². The molecule has 0 aliphatic carbocycles. The Bertz CT molecular complexity index is 491. The van der Waals surface area contributed by atoms with Crippen LogP contribution < -0.4 is 5.73 Å². The van der Waals surface area contributed by atoms with Gasteiger partial charge in [0, 0.05) is 16.4 Å². The molecule has 0 aromatic heterocycles. The fourth-order valence-electron chi connectivity index (χ4n) is 3.80. The van der Waals surface area contributed by atoms with Crippen molar-refractivity contribution in [3.05, 3.63) is 34.3 Å². The van der Waals surface area contributed by atoms with Gasteiger partial charge in [0.25, 0.3) is 0 Å². The predicted molar refractivity (Wildman–Crippen MR) is 77.7 cm³/mol. The molecule has 2 fully saturated rings. The monoisotopic (exact) mass is 325 g/mol. The third-order valence-corrected chi connectivity index (χ3v) is 5.53. The Hall–Kier alpha value is -0.420. The van der Waals surface area contributed by atoms with Gasteiger partial charge in [-0.05, 0) is 43.9 Å². The van der Waals surface area contributed by atoms with Crippen LogP contribution in [0, 0.1) is 5.41 Å². The summed E-state index contributed by atoms with van der Waals surface area (Å²) < 4.78 is 6.94. The van der Waals surface area contributed by atoms with E-state index >= 15 is 0 Å². The molecular weight excluding hydrogens is 306 g/mol. The number of hydrogen-bond acceptors (Lipinski definition) is 3. The maximum atomic E-state index is 11.2. The van der Waals surface area contributed by atoms with Crippen LogP contribution in [0.5, 0.6) is 0 Å². The molecule has 2 aliphatic rings. The third-order valence-electron chi connectivity index (χ3n) is 5.04. The molecular formula is C15H20BrNO2. The summed E-state index contributed by atoms with van der Waals surface area (Å²) in [6.45, 7) is 2.33. The number of halogens is 1. The summed E-state index contributed by atoms with van der Waals surface area (Å²) in [6.07, 6.45) is 3.31. The summed E-state index contributed by atoms with van der Waals surface area (Å²) in [6, 6.07) is 7.86. The average Bonchev–Trinajstić information content (AvgIpc) is 2.99. The van der Waals surface area contributed by atoms with Crippen molar-refractivity contribution in [3.8, 4) is 0 Å². The lowest BCUT2D eigenvalue weighted by Gasteiger charge is -2.46. The number of ether oxygens (including phenoxy) is 1. The van der Waals surface area contributed by atoms with E-state index in [1.54, 1.807) is 0 Å². The Morgan fingerprint density at radius 2 is 2.32 bits per heavy atom. The van der Waals surface area contributed by atoms with E-state index in [0.717, 1.165) is 29.3 Å². The van der Waals surface area contributed by atoms with E-state index in [2.05, 4.69) is 15.9 Å². The second-order valence-electron chi connectivity index (χ2n) is 5.97. The number of aliphatic hydroxyl groups is 1. The minimum Gasteiger partial charge on any atom is -0.385 e. The summed E-state index contributed by atoms with van der Waals surface area (Å²) in [5, 5.41) is 11.2. The molecule has 3 nitrogen and oxygen atoms in total. The van der Waals surface area contributed by atoms with E-state index in [0.29, 0.717) is 6.54 Å². The lowest BCUT2D eigenvalue weighted by molar-refractivity contribution is -0.105. The zero-order valence-electron chi connectivity index (χ0n) is 11.1. The molecule has 1 aromatic carbocycles. The van der Waals surface area contributed by atoms with Crippen LogP contribution in [0.15, 0.2) is 28.7 Å². The largest absolute Gasteiger partial charge is 0.385 e. The number of fused-ring (bicyclic) bond motifs is 2. The van der Waals surface area contributed by atoms with E-state index in [1.165, 1.54) is 0 Å². The lowest BCUT2D eigenvalue weighted by Crippen LogP contribution is -2.54. The topological polar surface area (TPSA) is 55.5 Å². The number of rotatable bonds is 3. The van der Waals surface area contributed by atoms with E-state index in [9.17, 15) is 5.11 Å². The van der Waals surface area contributed by atoms with Crippen LogP contribution in [0.2, 0.25) is 0 Å². The van der Waals surface area contributed by atoms with E-state index < -0.39 is 5.60 Å². The van der Waals surface area contributed by atoms with Crippen molar-refractivity contribution in [1.29, 1.82) is 0 Å². The van der Waals surface area contributed by atoms with Gasteiger partial charge in [0.1, 0.15) is 0 Å². The van der Waals surface area contributed by atoms with Crippen molar-refractivity contribution in [2.45, 2.75) is 44.0 Å². The van der Waals surface area contributed by atoms with E-state index in [-0.39, 0.29) is 17.6 Å². The van der Waals surface area contributed by atoms with Crippen molar-refractivity contribution in [2.24, 2.45) is 11.1 Å². The minimum atomic E-state index is -0.967.